The van der Waals surface area contributed by atoms with Crippen LogP contribution in [0, 0.1) is 13.8 Å². The number of nitrogens with one attached hydrogen (secondary N) is 1. The predicted molar refractivity (Wildman–Crippen MR) is 91.7 cm³/mol. The second-order valence-electron chi connectivity index (χ2n) is 5.65. The van der Waals surface area contributed by atoms with Gasteiger partial charge >= 0.3 is 5.97 Å². The Morgan fingerprint density at radius 3 is 2.68 bits per heavy atom. The summed E-state index contributed by atoms with van der Waals surface area (Å²) in [6, 6.07) is 3.75. The van der Waals surface area contributed by atoms with Crippen LogP contribution in [0.25, 0.3) is 10.8 Å². The van der Waals surface area contributed by atoms with E-state index in [-0.39, 0.29) is 17.4 Å². The number of thiophene rings is 1. The molecule has 7 nitrogen and oxygen atoms in total. The zero-order chi connectivity index (χ0) is 18.1. The van der Waals surface area contributed by atoms with Gasteiger partial charge in [-0.05, 0) is 44.7 Å². The number of H-pyrrole nitrogens is 1. The van der Waals surface area contributed by atoms with Gasteiger partial charge in [-0.15, -0.1) is 21.5 Å². The summed E-state index contributed by atoms with van der Waals surface area (Å²) in [4.78, 5) is 27.9. The number of carbonyl (C=O) groups excluding carboxylic acids is 2. The van der Waals surface area contributed by atoms with Crippen LogP contribution in [-0.4, -0.2) is 26.9 Å². The first kappa shape index (κ1) is 17.1. The summed E-state index contributed by atoms with van der Waals surface area (Å²) in [5.41, 5.74) is 1.99. The highest BCUT2D eigenvalue weighted by atomic mass is 32.1. The zero-order valence-corrected chi connectivity index (χ0v) is 15.1. The minimum atomic E-state index is -0.711. The van der Waals surface area contributed by atoms with Crippen molar-refractivity contribution in [1.82, 2.24) is 15.2 Å². The molecule has 3 rings (SSSR count). The molecule has 3 aromatic heterocycles. The zero-order valence-electron chi connectivity index (χ0n) is 14.2. The van der Waals surface area contributed by atoms with Crippen LogP contribution in [0.1, 0.15) is 57.9 Å². The Hall–Kier alpha value is -2.74. The second kappa shape index (κ2) is 6.64. The summed E-state index contributed by atoms with van der Waals surface area (Å²) in [5.74, 6) is -0.0737. The van der Waals surface area contributed by atoms with E-state index in [1.165, 1.54) is 18.3 Å². The number of carbonyl (C=O) groups is 2. The first-order valence-corrected chi connectivity index (χ1v) is 8.54. The van der Waals surface area contributed by atoms with E-state index in [0.717, 1.165) is 4.88 Å². The third-order valence-electron chi connectivity index (χ3n) is 3.80. The van der Waals surface area contributed by atoms with Gasteiger partial charge in [0.25, 0.3) is 11.8 Å². The van der Waals surface area contributed by atoms with Gasteiger partial charge in [-0.2, -0.15) is 0 Å². The summed E-state index contributed by atoms with van der Waals surface area (Å²) in [6.45, 7) is 6.57. The Balaban J connectivity index is 1.77. The Morgan fingerprint density at radius 1 is 1.32 bits per heavy atom. The van der Waals surface area contributed by atoms with Crippen molar-refractivity contribution in [3.63, 3.8) is 0 Å². The van der Waals surface area contributed by atoms with Crippen LogP contribution in [-0.2, 0) is 4.74 Å². The molecular formula is C17H17N3O4S. The topological polar surface area (TPSA) is 98.1 Å². The molecule has 0 radical (unpaired) electrons. The highest BCUT2D eigenvalue weighted by Gasteiger charge is 2.25. The second-order valence-corrected chi connectivity index (χ2v) is 6.60. The van der Waals surface area contributed by atoms with E-state index in [9.17, 15) is 9.59 Å². The monoisotopic (exact) mass is 359 g/mol. The van der Waals surface area contributed by atoms with Crippen LogP contribution < -0.4 is 0 Å². The van der Waals surface area contributed by atoms with E-state index >= 15 is 0 Å². The number of Topliss-reactive ketones (excluding diaryl/α,β-unsaturated/α-hetero) is 1. The van der Waals surface area contributed by atoms with Gasteiger partial charge in [-0.1, -0.05) is 6.07 Å². The van der Waals surface area contributed by atoms with E-state index < -0.39 is 12.1 Å². The highest BCUT2D eigenvalue weighted by molar-refractivity contribution is 7.13. The number of ketones is 1. The van der Waals surface area contributed by atoms with Gasteiger partial charge in [0.2, 0.25) is 0 Å². The SMILES string of the molecule is CC(=O)c1c(C)[nH]c(C(=O)O[C@H](C)c2nnc(-c3cccs3)o2)c1C. The lowest BCUT2D eigenvalue weighted by molar-refractivity contribution is 0.0272. The third-order valence-corrected chi connectivity index (χ3v) is 4.66. The Labute approximate surface area is 148 Å². The van der Waals surface area contributed by atoms with Crippen molar-refractivity contribution in [2.75, 3.05) is 0 Å². The number of aromatic amines is 1. The van der Waals surface area contributed by atoms with Crippen molar-refractivity contribution in [2.45, 2.75) is 33.8 Å². The molecule has 3 heterocycles. The van der Waals surface area contributed by atoms with Crippen LogP contribution in [0.5, 0.6) is 0 Å². The number of hydrogen-bond acceptors (Lipinski definition) is 7. The van der Waals surface area contributed by atoms with E-state index in [1.807, 2.05) is 17.5 Å². The number of aromatic nitrogens is 3. The number of aryl methyl sites for hydroxylation is 1. The summed E-state index contributed by atoms with van der Waals surface area (Å²) >= 11 is 1.48. The fraction of sp³-hybridized carbons (Fsp3) is 0.294. The van der Waals surface area contributed by atoms with Crippen molar-refractivity contribution in [1.29, 1.82) is 0 Å². The smallest absolute Gasteiger partial charge is 0.355 e. The van der Waals surface area contributed by atoms with Crippen LogP contribution in [0.3, 0.4) is 0 Å². The van der Waals surface area contributed by atoms with Gasteiger partial charge in [-0.25, -0.2) is 4.79 Å². The average molecular weight is 359 g/mol. The summed E-state index contributed by atoms with van der Waals surface area (Å²) in [6.07, 6.45) is -0.711. The molecule has 25 heavy (non-hydrogen) atoms. The van der Waals surface area contributed by atoms with E-state index in [0.29, 0.717) is 22.7 Å². The number of rotatable bonds is 5. The Kier molecular flexibility index (Phi) is 4.54. The van der Waals surface area contributed by atoms with Crippen molar-refractivity contribution in [2.24, 2.45) is 0 Å². The summed E-state index contributed by atoms with van der Waals surface area (Å²) in [5, 5.41) is 9.82. The predicted octanol–water partition coefficient (Wildman–Crippen LogP) is 3.86. The molecule has 3 aromatic rings. The molecule has 0 fully saturated rings. The minimum absolute atomic E-state index is 0.101. The molecule has 0 aromatic carbocycles. The average Bonchev–Trinajstić information content (AvgIpc) is 3.25. The van der Waals surface area contributed by atoms with Gasteiger partial charge in [0, 0.05) is 11.3 Å². The lowest BCUT2D eigenvalue weighted by atomic mass is 10.1. The lowest BCUT2D eigenvalue weighted by Crippen LogP contribution is -2.11. The number of ether oxygens (including phenoxy) is 1. The van der Waals surface area contributed by atoms with Crippen LogP contribution >= 0.6 is 11.3 Å². The van der Waals surface area contributed by atoms with Crippen LogP contribution in [0.15, 0.2) is 21.9 Å². The molecule has 0 aliphatic heterocycles. The van der Waals surface area contributed by atoms with Gasteiger partial charge in [0.15, 0.2) is 11.9 Å². The van der Waals surface area contributed by atoms with Crippen LogP contribution in [0.2, 0.25) is 0 Å². The van der Waals surface area contributed by atoms with Crippen molar-refractivity contribution >= 4 is 23.1 Å². The van der Waals surface area contributed by atoms with Crippen molar-refractivity contribution < 1.29 is 18.7 Å². The molecule has 1 N–H and O–H groups in total. The molecule has 0 spiro atoms. The van der Waals surface area contributed by atoms with E-state index in [1.54, 1.807) is 20.8 Å². The summed E-state index contributed by atoms with van der Waals surface area (Å²) < 4.78 is 11.0. The molecule has 0 aliphatic carbocycles. The fourth-order valence-electron chi connectivity index (χ4n) is 2.65. The number of hydrogen-bond donors (Lipinski definition) is 1. The van der Waals surface area contributed by atoms with E-state index in [2.05, 4.69) is 15.2 Å². The molecule has 130 valence electrons. The van der Waals surface area contributed by atoms with Crippen molar-refractivity contribution in [3.8, 4) is 10.8 Å². The molecule has 0 saturated carbocycles. The Morgan fingerprint density at radius 2 is 2.08 bits per heavy atom. The Bertz CT molecular complexity index is 924. The third kappa shape index (κ3) is 3.25. The molecule has 1 atom stereocenters. The van der Waals surface area contributed by atoms with E-state index in [4.69, 9.17) is 9.15 Å². The van der Waals surface area contributed by atoms with Crippen LogP contribution in [0.4, 0.5) is 0 Å². The van der Waals surface area contributed by atoms with Gasteiger partial charge in [0.1, 0.15) is 5.69 Å². The largest absolute Gasteiger partial charge is 0.448 e. The molecule has 0 saturated heterocycles. The maximum absolute atomic E-state index is 12.4. The molecule has 0 bridgehead atoms. The standard InChI is InChI=1S/C17H17N3O4S/c1-8-13(10(3)21)9(2)18-14(8)17(22)23-11(4)15-19-20-16(24-15)12-6-5-7-25-12/h5-7,11,18H,1-4H3/t11-/m1/s1. The maximum Gasteiger partial charge on any atom is 0.355 e. The van der Waals surface area contributed by atoms with Gasteiger partial charge in [0.05, 0.1) is 4.88 Å². The molecule has 0 aliphatic rings. The number of esters is 1. The summed E-state index contributed by atoms with van der Waals surface area (Å²) in [7, 11) is 0. The lowest BCUT2D eigenvalue weighted by Gasteiger charge is -2.09. The van der Waals surface area contributed by atoms with Gasteiger partial charge < -0.3 is 14.1 Å². The normalized spacial score (nSPS) is 12.2. The maximum atomic E-state index is 12.4. The van der Waals surface area contributed by atoms with Crippen molar-refractivity contribution in [3.05, 3.63) is 45.9 Å². The first-order valence-electron chi connectivity index (χ1n) is 7.66. The fourth-order valence-corrected chi connectivity index (χ4v) is 3.29. The molecule has 8 heteroatoms. The highest BCUT2D eigenvalue weighted by Crippen LogP contribution is 2.27. The first-order chi connectivity index (χ1) is 11.9. The molecule has 0 amide bonds. The quantitative estimate of drug-likeness (QED) is 0.548. The van der Waals surface area contributed by atoms with Gasteiger partial charge in [-0.3, -0.25) is 4.79 Å². The minimum Gasteiger partial charge on any atom is -0.448 e. The number of nitrogens with zero attached hydrogens (tertiary/aromatic N) is 2. The molecule has 0 unspecified atom stereocenters. The molecular weight excluding hydrogens is 342 g/mol.